The van der Waals surface area contributed by atoms with Crippen LogP contribution in [-0.2, 0) is 17.6 Å². The van der Waals surface area contributed by atoms with E-state index in [0.29, 0.717) is 6.04 Å². The van der Waals surface area contributed by atoms with Gasteiger partial charge in [0.05, 0.1) is 11.7 Å². The van der Waals surface area contributed by atoms with Gasteiger partial charge in [0, 0.05) is 24.1 Å². The molecule has 1 amide bonds. The summed E-state index contributed by atoms with van der Waals surface area (Å²) in [4.78, 5) is 15.5. The molecule has 0 bridgehead atoms. The van der Waals surface area contributed by atoms with Crippen molar-refractivity contribution in [2.75, 3.05) is 11.9 Å². The van der Waals surface area contributed by atoms with Crippen molar-refractivity contribution in [2.24, 2.45) is 0 Å². The van der Waals surface area contributed by atoms with Crippen LogP contribution in [0.25, 0.3) is 5.69 Å². The minimum absolute atomic E-state index is 0.0485. The van der Waals surface area contributed by atoms with Gasteiger partial charge in [0.1, 0.15) is 0 Å². The van der Waals surface area contributed by atoms with E-state index in [1.165, 1.54) is 11.1 Å². The van der Waals surface area contributed by atoms with E-state index < -0.39 is 0 Å². The van der Waals surface area contributed by atoms with Gasteiger partial charge in [0.25, 0.3) is 0 Å². The number of amides is 1. The molecule has 1 N–H and O–H groups in total. The smallest absolute Gasteiger partial charge is 0.241 e. The van der Waals surface area contributed by atoms with E-state index in [-0.39, 0.29) is 11.9 Å². The molecule has 0 spiro atoms. The van der Waals surface area contributed by atoms with Crippen LogP contribution in [0.2, 0.25) is 0 Å². The number of carbonyl (C=O) groups is 1. The third-order valence-electron chi connectivity index (χ3n) is 5.98. The maximum absolute atomic E-state index is 13.1. The third-order valence-corrected chi connectivity index (χ3v) is 5.98. The number of nitrogens with one attached hydrogen (secondary N) is 1. The van der Waals surface area contributed by atoms with Crippen molar-refractivity contribution < 1.29 is 4.79 Å². The van der Waals surface area contributed by atoms with E-state index in [9.17, 15) is 4.79 Å². The Kier molecular flexibility index (Phi) is 4.45. The molecule has 1 saturated heterocycles. The summed E-state index contributed by atoms with van der Waals surface area (Å²) in [7, 11) is 0. The summed E-state index contributed by atoms with van der Waals surface area (Å²) >= 11 is 0. The van der Waals surface area contributed by atoms with Crippen molar-refractivity contribution in [2.45, 2.75) is 37.8 Å². The van der Waals surface area contributed by atoms with Gasteiger partial charge < -0.3 is 5.32 Å². The van der Waals surface area contributed by atoms with Crippen molar-refractivity contribution >= 4 is 11.6 Å². The Morgan fingerprint density at radius 1 is 1.04 bits per heavy atom. The fraction of sp³-hybridized carbons (Fsp3) is 0.304. The number of rotatable bonds is 4. The molecule has 5 nitrogen and oxygen atoms in total. The van der Waals surface area contributed by atoms with Crippen LogP contribution in [0, 0.1) is 0 Å². The zero-order chi connectivity index (χ0) is 18.9. The third kappa shape index (κ3) is 3.22. The lowest BCUT2D eigenvalue weighted by molar-refractivity contribution is -0.121. The van der Waals surface area contributed by atoms with E-state index in [4.69, 9.17) is 0 Å². The molecule has 2 aromatic carbocycles. The Labute approximate surface area is 165 Å². The average Bonchev–Trinajstić information content (AvgIpc) is 3.48. The van der Waals surface area contributed by atoms with Gasteiger partial charge in [-0.1, -0.05) is 30.3 Å². The molecule has 1 aliphatic carbocycles. The van der Waals surface area contributed by atoms with Crippen molar-refractivity contribution in [3.63, 3.8) is 0 Å². The summed E-state index contributed by atoms with van der Waals surface area (Å²) in [5, 5.41) is 7.40. The molecule has 2 heterocycles. The molecule has 1 fully saturated rings. The molecule has 5 heteroatoms. The molecule has 142 valence electrons. The molecule has 1 aromatic heterocycles. The lowest BCUT2D eigenvalue weighted by Crippen LogP contribution is -2.45. The number of likely N-dealkylation sites (tertiary alicyclic amines) is 1. The predicted octanol–water partition coefficient (Wildman–Crippen LogP) is 3.44. The number of anilines is 1. The standard InChI is InChI=1S/C23H24N4O/c28-23(25-19-8-3-9-20(16-19)27-13-5-11-24-27)22-10-4-12-26(22)21-14-17-6-1-2-7-18(17)15-21/h1-3,5-9,11,13,16,21-22H,4,10,12,14-15H2,(H,25,28)/t22-/m1/s1. The van der Waals surface area contributed by atoms with Crippen molar-refractivity contribution in [3.05, 3.63) is 78.1 Å². The summed E-state index contributed by atoms with van der Waals surface area (Å²) in [6.45, 7) is 1.00. The number of hydrogen-bond acceptors (Lipinski definition) is 3. The minimum Gasteiger partial charge on any atom is -0.325 e. The first-order valence-electron chi connectivity index (χ1n) is 10.0. The molecule has 0 radical (unpaired) electrons. The molecule has 1 atom stereocenters. The molecule has 3 aromatic rings. The number of hydrogen-bond donors (Lipinski definition) is 1. The van der Waals surface area contributed by atoms with Crippen LogP contribution in [0.3, 0.4) is 0 Å². The van der Waals surface area contributed by atoms with E-state index >= 15 is 0 Å². The van der Waals surface area contributed by atoms with Crippen LogP contribution >= 0.6 is 0 Å². The highest BCUT2D eigenvalue weighted by molar-refractivity contribution is 5.95. The molecule has 0 unspecified atom stereocenters. The number of aromatic nitrogens is 2. The summed E-state index contributed by atoms with van der Waals surface area (Å²) in [6.07, 6.45) is 7.76. The molecular weight excluding hydrogens is 348 g/mol. The van der Waals surface area contributed by atoms with E-state index in [1.54, 1.807) is 10.9 Å². The lowest BCUT2D eigenvalue weighted by Gasteiger charge is -2.29. The van der Waals surface area contributed by atoms with Gasteiger partial charge in [-0.05, 0) is 67.6 Å². The van der Waals surface area contributed by atoms with E-state index in [1.807, 2.05) is 36.5 Å². The summed E-state index contributed by atoms with van der Waals surface area (Å²) in [6, 6.07) is 18.8. The van der Waals surface area contributed by atoms with Gasteiger partial charge in [-0.15, -0.1) is 0 Å². The zero-order valence-electron chi connectivity index (χ0n) is 15.8. The van der Waals surface area contributed by atoms with E-state index in [2.05, 4.69) is 39.6 Å². The van der Waals surface area contributed by atoms with Crippen molar-refractivity contribution in [3.8, 4) is 5.69 Å². The summed E-state index contributed by atoms with van der Waals surface area (Å²) in [5.74, 6) is 0.103. The molecular formula is C23H24N4O. The van der Waals surface area contributed by atoms with Crippen molar-refractivity contribution in [1.82, 2.24) is 14.7 Å². The van der Waals surface area contributed by atoms with Crippen LogP contribution in [0.4, 0.5) is 5.69 Å². The Morgan fingerprint density at radius 2 is 1.86 bits per heavy atom. The first-order valence-corrected chi connectivity index (χ1v) is 10.0. The van der Waals surface area contributed by atoms with Gasteiger partial charge >= 0.3 is 0 Å². The minimum atomic E-state index is -0.0485. The van der Waals surface area contributed by atoms with Gasteiger partial charge in [-0.25, -0.2) is 4.68 Å². The van der Waals surface area contributed by atoms with Gasteiger partial charge in [0.15, 0.2) is 0 Å². The Hall–Kier alpha value is -2.92. The molecule has 0 saturated carbocycles. The van der Waals surface area contributed by atoms with E-state index in [0.717, 1.165) is 43.6 Å². The molecule has 2 aliphatic rings. The first kappa shape index (κ1) is 17.2. The molecule has 28 heavy (non-hydrogen) atoms. The molecule has 1 aliphatic heterocycles. The average molecular weight is 372 g/mol. The summed E-state index contributed by atoms with van der Waals surface area (Å²) in [5.41, 5.74) is 4.63. The SMILES string of the molecule is O=C(Nc1cccc(-n2cccn2)c1)[C@H]1CCCN1C1Cc2ccccc2C1. The van der Waals surface area contributed by atoms with Gasteiger partial charge in [0.2, 0.25) is 5.91 Å². The van der Waals surface area contributed by atoms with Gasteiger partial charge in [-0.3, -0.25) is 9.69 Å². The monoisotopic (exact) mass is 372 g/mol. The zero-order valence-corrected chi connectivity index (χ0v) is 15.8. The second kappa shape index (κ2) is 7.24. The molecule has 5 rings (SSSR count). The van der Waals surface area contributed by atoms with Crippen LogP contribution in [0.5, 0.6) is 0 Å². The first-order chi connectivity index (χ1) is 13.8. The largest absolute Gasteiger partial charge is 0.325 e. The summed E-state index contributed by atoms with van der Waals surface area (Å²) < 4.78 is 1.80. The number of carbonyl (C=O) groups excluding carboxylic acids is 1. The fourth-order valence-electron chi connectivity index (χ4n) is 4.65. The second-order valence-corrected chi connectivity index (χ2v) is 7.72. The quantitative estimate of drug-likeness (QED) is 0.763. The highest BCUT2D eigenvalue weighted by atomic mass is 16.2. The second-order valence-electron chi connectivity index (χ2n) is 7.72. The van der Waals surface area contributed by atoms with Crippen LogP contribution in [-0.4, -0.2) is 39.2 Å². The highest BCUT2D eigenvalue weighted by Gasteiger charge is 2.37. The van der Waals surface area contributed by atoms with Crippen LogP contribution in [0.15, 0.2) is 67.0 Å². The number of nitrogens with zero attached hydrogens (tertiary/aromatic N) is 3. The Bertz CT molecular complexity index is 957. The normalized spacial score (nSPS) is 19.6. The lowest BCUT2D eigenvalue weighted by atomic mass is 10.1. The maximum Gasteiger partial charge on any atom is 0.241 e. The highest BCUT2D eigenvalue weighted by Crippen LogP contribution is 2.31. The Morgan fingerprint density at radius 3 is 2.61 bits per heavy atom. The maximum atomic E-state index is 13.1. The predicted molar refractivity (Wildman–Crippen MR) is 110 cm³/mol. The Balaban J connectivity index is 1.30. The number of benzene rings is 2. The fourth-order valence-corrected chi connectivity index (χ4v) is 4.65. The van der Waals surface area contributed by atoms with Crippen LogP contribution in [0.1, 0.15) is 24.0 Å². The van der Waals surface area contributed by atoms with Crippen molar-refractivity contribution in [1.29, 1.82) is 0 Å². The van der Waals surface area contributed by atoms with Gasteiger partial charge in [-0.2, -0.15) is 5.10 Å². The van der Waals surface area contributed by atoms with Crippen LogP contribution < -0.4 is 5.32 Å². The topological polar surface area (TPSA) is 50.2 Å². The number of fused-ring (bicyclic) bond motifs is 1.